The van der Waals surface area contributed by atoms with E-state index in [0.29, 0.717) is 12.5 Å². The first kappa shape index (κ1) is 9.87. The van der Waals surface area contributed by atoms with Gasteiger partial charge in [0.25, 0.3) is 0 Å². The quantitative estimate of drug-likeness (QED) is 0.822. The van der Waals surface area contributed by atoms with Crippen molar-refractivity contribution < 1.29 is 4.79 Å². The van der Waals surface area contributed by atoms with Crippen LogP contribution in [0.25, 0.3) is 0 Å². The van der Waals surface area contributed by atoms with Crippen LogP contribution in [0.5, 0.6) is 0 Å². The molecule has 1 aromatic heterocycles. The van der Waals surface area contributed by atoms with Gasteiger partial charge in [0.1, 0.15) is 0 Å². The predicted molar refractivity (Wildman–Crippen MR) is 59.6 cm³/mol. The molecule has 0 radical (unpaired) electrons. The van der Waals surface area contributed by atoms with Crippen LogP contribution >= 0.6 is 0 Å². The van der Waals surface area contributed by atoms with Crippen LogP contribution in [-0.4, -0.2) is 22.2 Å². The van der Waals surface area contributed by atoms with Gasteiger partial charge in [-0.25, -0.2) is 0 Å². The van der Waals surface area contributed by atoms with Gasteiger partial charge in [-0.2, -0.15) is 5.10 Å². The third-order valence-corrected chi connectivity index (χ3v) is 3.81. The van der Waals surface area contributed by atoms with E-state index in [1.807, 2.05) is 16.9 Å². The van der Waals surface area contributed by atoms with E-state index in [2.05, 4.69) is 10.4 Å². The van der Waals surface area contributed by atoms with Gasteiger partial charge in [-0.05, 0) is 37.2 Å². The monoisotopic (exact) mass is 219 g/mol. The van der Waals surface area contributed by atoms with Gasteiger partial charge < -0.3 is 5.32 Å². The molecule has 1 aromatic rings. The Morgan fingerprint density at radius 2 is 2.19 bits per heavy atom. The smallest absolute Gasteiger partial charge is 0.223 e. The summed E-state index contributed by atoms with van der Waals surface area (Å²) in [7, 11) is 0. The summed E-state index contributed by atoms with van der Waals surface area (Å²) in [6.07, 6.45) is 7.29. The van der Waals surface area contributed by atoms with Crippen molar-refractivity contribution >= 4 is 5.91 Å². The molecular formula is C12H17N3O. The number of carbonyl (C=O) groups excluding carboxylic acids is 1. The first-order valence-electron chi connectivity index (χ1n) is 6.08. The fourth-order valence-electron chi connectivity index (χ4n) is 2.80. The molecular weight excluding hydrogens is 202 g/mol. The lowest BCUT2D eigenvalue weighted by molar-refractivity contribution is -0.125. The van der Waals surface area contributed by atoms with E-state index in [0.717, 1.165) is 31.2 Å². The standard InChI is InChI=1S/C12H17N3O/c16-12(11-7-9-6-10(9)8-11)13-3-5-15-4-1-2-14-15/h1-2,4,9-11H,3,5-8H2,(H,13,16). The van der Waals surface area contributed by atoms with E-state index in [1.54, 1.807) is 6.20 Å². The first-order chi connectivity index (χ1) is 7.83. The van der Waals surface area contributed by atoms with E-state index in [4.69, 9.17) is 0 Å². The lowest BCUT2D eigenvalue weighted by atomic mass is 10.0. The zero-order valence-corrected chi connectivity index (χ0v) is 9.30. The van der Waals surface area contributed by atoms with Crippen molar-refractivity contribution in [1.29, 1.82) is 0 Å². The average Bonchev–Trinajstić information content (AvgIpc) is 2.72. The molecule has 0 saturated heterocycles. The molecule has 2 fully saturated rings. The van der Waals surface area contributed by atoms with Gasteiger partial charge in [0.2, 0.25) is 5.91 Å². The van der Waals surface area contributed by atoms with E-state index in [9.17, 15) is 4.79 Å². The molecule has 4 nitrogen and oxygen atoms in total. The molecule has 2 atom stereocenters. The molecule has 1 N–H and O–H groups in total. The summed E-state index contributed by atoms with van der Waals surface area (Å²) in [5, 5.41) is 7.10. The molecule has 1 amide bonds. The van der Waals surface area contributed by atoms with Crippen LogP contribution in [0.15, 0.2) is 18.5 Å². The summed E-state index contributed by atoms with van der Waals surface area (Å²) in [6.45, 7) is 1.45. The molecule has 0 aromatic carbocycles. The third kappa shape index (κ3) is 1.96. The molecule has 16 heavy (non-hydrogen) atoms. The minimum Gasteiger partial charge on any atom is -0.354 e. The molecule has 2 saturated carbocycles. The Morgan fingerprint density at radius 3 is 2.88 bits per heavy atom. The SMILES string of the molecule is O=C(NCCn1cccn1)C1CC2CC2C1. The number of hydrogen-bond acceptors (Lipinski definition) is 2. The number of fused-ring (bicyclic) bond motifs is 1. The first-order valence-corrected chi connectivity index (χ1v) is 6.08. The predicted octanol–water partition coefficient (Wildman–Crippen LogP) is 1.05. The van der Waals surface area contributed by atoms with Crippen LogP contribution < -0.4 is 5.32 Å². The Labute approximate surface area is 95.0 Å². The summed E-state index contributed by atoms with van der Waals surface area (Å²) in [5.74, 6) is 2.30. The summed E-state index contributed by atoms with van der Waals surface area (Å²) in [5.41, 5.74) is 0. The van der Waals surface area contributed by atoms with Gasteiger partial charge in [0, 0.05) is 24.9 Å². The molecule has 2 unspecified atom stereocenters. The summed E-state index contributed by atoms with van der Waals surface area (Å²) in [6, 6.07) is 1.90. The van der Waals surface area contributed by atoms with E-state index in [-0.39, 0.29) is 5.91 Å². The highest BCUT2D eigenvalue weighted by atomic mass is 16.1. The second kappa shape index (κ2) is 3.92. The number of amides is 1. The zero-order valence-electron chi connectivity index (χ0n) is 9.30. The zero-order chi connectivity index (χ0) is 11.0. The van der Waals surface area contributed by atoms with Crippen molar-refractivity contribution in [3.8, 4) is 0 Å². The normalized spacial score (nSPS) is 31.1. The van der Waals surface area contributed by atoms with Gasteiger partial charge in [0.15, 0.2) is 0 Å². The molecule has 2 aliphatic rings. The van der Waals surface area contributed by atoms with Crippen molar-refractivity contribution in [3.63, 3.8) is 0 Å². The second-order valence-corrected chi connectivity index (χ2v) is 4.98. The second-order valence-electron chi connectivity index (χ2n) is 4.98. The van der Waals surface area contributed by atoms with Gasteiger partial charge in [0.05, 0.1) is 6.54 Å². The summed E-state index contributed by atoms with van der Waals surface area (Å²) >= 11 is 0. The molecule has 1 heterocycles. The topological polar surface area (TPSA) is 46.9 Å². The molecule has 0 aliphatic heterocycles. The molecule has 0 spiro atoms. The van der Waals surface area contributed by atoms with Crippen molar-refractivity contribution in [2.45, 2.75) is 25.8 Å². The Bertz CT molecular complexity index is 364. The molecule has 0 bridgehead atoms. The number of carbonyl (C=O) groups is 1. The van der Waals surface area contributed by atoms with Crippen LogP contribution in [0, 0.1) is 17.8 Å². The number of rotatable bonds is 4. The minimum atomic E-state index is 0.249. The highest BCUT2D eigenvalue weighted by Gasteiger charge is 2.47. The van der Waals surface area contributed by atoms with Crippen LogP contribution in [0.4, 0.5) is 0 Å². The summed E-state index contributed by atoms with van der Waals surface area (Å²) in [4.78, 5) is 11.8. The molecule has 2 aliphatic carbocycles. The average molecular weight is 219 g/mol. The lowest BCUT2D eigenvalue weighted by Crippen LogP contribution is -2.32. The largest absolute Gasteiger partial charge is 0.354 e. The Hall–Kier alpha value is -1.32. The maximum absolute atomic E-state index is 11.8. The van der Waals surface area contributed by atoms with E-state index < -0.39 is 0 Å². The van der Waals surface area contributed by atoms with Crippen LogP contribution in [-0.2, 0) is 11.3 Å². The van der Waals surface area contributed by atoms with Gasteiger partial charge in [-0.1, -0.05) is 0 Å². The van der Waals surface area contributed by atoms with E-state index >= 15 is 0 Å². The Kier molecular flexibility index (Phi) is 2.42. The number of nitrogens with zero attached hydrogens (tertiary/aromatic N) is 2. The van der Waals surface area contributed by atoms with Gasteiger partial charge >= 0.3 is 0 Å². The molecule has 86 valence electrons. The third-order valence-electron chi connectivity index (χ3n) is 3.81. The number of nitrogens with one attached hydrogen (secondary N) is 1. The molecule has 4 heteroatoms. The van der Waals surface area contributed by atoms with Gasteiger partial charge in [-0.15, -0.1) is 0 Å². The highest BCUT2D eigenvalue weighted by molar-refractivity contribution is 5.79. The number of aromatic nitrogens is 2. The van der Waals surface area contributed by atoms with Crippen LogP contribution in [0.1, 0.15) is 19.3 Å². The maximum atomic E-state index is 11.8. The van der Waals surface area contributed by atoms with Crippen LogP contribution in [0.2, 0.25) is 0 Å². The van der Waals surface area contributed by atoms with Gasteiger partial charge in [-0.3, -0.25) is 9.48 Å². The maximum Gasteiger partial charge on any atom is 0.223 e. The fraction of sp³-hybridized carbons (Fsp3) is 0.667. The summed E-state index contributed by atoms with van der Waals surface area (Å²) < 4.78 is 1.84. The lowest BCUT2D eigenvalue weighted by Gasteiger charge is -2.12. The number of hydrogen-bond donors (Lipinski definition) is 1. The van der Waals surface area contributed by atoms with Crippen molar-refractivity contribution in [1.82, 2.24) is 15.1 Å². The van der Waals surface area contributed by atoms with E-state index in [1.165, 1.54) is 6.42 Å². The minimum absolute atomic E-state index is 0.249. The molecule has 3 rings (SSSR count). The van der Waals surface area contributed by atoms with Crippen molar-refractivity contribution in [2.24, 2.45) is 17.8 Å². The van der Waals surface area contributed by atoms with Crippen molar-refractivity contribution in [2.75, 3.05) is 6.54 Å². The van der Waals surface area contributed by atoms with Crippen LogP contribution in [0.3, 0.4) is 0 Å². The Balaban J connectivity index is 1.40. The van der Waals surface area contributed by atoms with Crippen molar-refractivity contribution in [3.05, 3.63) is 18.5 Å². The Morgan fingerprint density at radius 1 is 1.38 bits per heavy atom. The highest BCUT2D eigenvalue weighted by Crippen LogP contribution is 2.54. The fourth-order valence-corrected chi connectivity index (χ4v) is 2.80.